The van der Waals surface area contributed by atoms with Crippen molar-refractivity contribution in [2.75, 3.05) is 31.5 Å². The molecule has 3 aromatic carbocycles. The van der Waals surface area contributed by atoms with Gasteiger partial charge in [0.25, 0.3) is 5.91 Å². The Labute approximate surface area is 223 Å². The van der Waals surface area contributed by atoms with Gasteiger partial charge in [0.05, 0.1) is 4.90 Å². The molecule has 2 heterocycles. The average Bonchev–Trinajstić information content (AvgIpc) is 3.42. The van der Waals surface area contributed by atoms with Crippen LogP contribution in [0.15, 0.2) is 65.6 Å². The summed E-state index contributed by atoms with van der Waals surface area (Å²) in [5.74, 6) is 0.318. The fourth-order valence-electron chi connectivity index (χ4n) is 5.43. The smallest absolute Gasteiger partial charge is 0.255 e. The third-order valence-electron chi connectivity index (χ3n) is 7.61. The van der Waals surface area contributed by atoms with E-state index in [0.29, 0.717) is 60.3 Å². The number of piperidine rings is 1. The quantitative estimate of drug-likeness (QED) is 0.429. The molecule has 1 atom stereocenters. The molecule has 3 aromatic rings. The third kappa shape index (κ3) is 5.75. The number of aryl methyl sites for hydroxylation is 1. The molecule has 0 aliphatic carbocycles. The highest BCUT2D eigenvalue weighted by atomic mass is 32.2. The molecule has 5 rings (SSSR count). The Kier molecular flexibility index (Phi) is 7.78. The molecule has 2 saturated heterocycles. The van der Waals surface area contributed by atoms with Crippen LogP contribution in [-0.4, -0.2) is 57.4 Å². The maximum absolute atomic E-state index is 13.5. The Morgan fingerprint density at radius 2 is 1.66 bits per heavy atom. The molecule has 0 spiro atoms. The van der Waals surface area contributed by atoms with Crippen molar-refractivity contribution in [3.05, 3.63) is 71.8 Å². The second-order valence-corrected chi connectivity index (χ2v) is 11.9. The molecule has 0 aromatic heterocycles. The molecule has 3 N–H and O–H groups in total. The van der Waals surface area contributed by atoms with Gasteiger partial charge in [0, 0.05) is 47.6 Å². The number of hydrogen-bond acceptors (Lipinski definition) is 5. The largest absolute Gasteiger partial charge is 0.343 e. The first-order valence-electron chi connectivity index (χ1n) is 13.2. The van der Waals surface area contributed by atoms with E-state index in [1.165, 1.54) is 0 Å². The number of benzene rings is 3. The van der Waals surface area contributed by atoms with Crippen LogP contribution >= 0.6 is 0 Å². The van der Waals surface area contributed by atoms with Crippen LogP contribution in [0, 0.1) is 12.8 Å². The average molecular weight is 535 g/mol. The minimum atomic E-state index is -3.82. The number of carbonyl (C=O) groups is 2. The van der Waals surface area contributed by atoms with Gasteiger partial charge < -0.3 is 15.5 Å². The van der Waals surface area contributed by atoms with Crippen molar-refractivity contribution in [1.29, 1.82) is 0 Å². The summed E-state index contributed by atoms with van der Waals surface area (Å²) in [6.45, 7) is 4.84. The highest BCUT2D eigenvalue weighted by molar-refractivity contribution is 7.89. The van der Waals surface area contributed by atoms with Gasteiger partial charge in [0.15, 0.2) is 0 Å². The maximum atomic E-state index is 13.5. The number of anilines is 1. The normalized spacial score (nSPS) is 18.6. The number of rotatable bonds is 7. The van der Waals surface area contributed by atoms with Crippen molar-refractivity contribution in [2.45, 2.75) is 43.5 Å². The van der Waals surface area contributed by atoms with E-state index in [-0.39, 0.29) is 22.8 Å². The van der Waals surface area contributed by atoms with Crippen LogP contribution < -0.4 is 15.4 Å². The van der Waals surface area contributed by atoms with Crippen LogP contribution in [0.4, 0.5) is 5.69 Å². The van der Waals surface area contributed by atoms with Crippen molar-refractivity contribution in [1.82, 2.24) is 14.9 Å². The van der Waals surface area contributed by atoms with E-state index in [9.17, 15) is 18.0 Å². The molecule has 200 valence electrons. The highest BCUT2D eigenvalue weighted by Gasteiger charge is 2.29. The molecule has 2 aliphatic rings. The van der Waals surface area contributed by atoms with Crippen LogP contribution in [0.25, 0.3) is 10.8 Å². The first-order valence-corrected chi connectivity index (χ1v) is 14.7. The van der Waals surface area contributed by atoms with E-state index >= 15 is 0 Å². The number of nitrogens with one attached hydrogen (secondary N) is 3. The van der Waals surface area contributed by atoms with Crippen LogP contribution in [-0.2, 0) is 14.8 Å². The molecule has 8 nitrogen and oxygen atoms in total. The predicted molar refractivity (Wildman–Crippen MR) is 149 cm³/mol. The molecule has 0 bridgehead atoms. The van der Waals surface area contributed by atoms with Gasteiger partial charge in [-0.25, -0.2) is 13.1 Å². The van der Waals surface area contributed by atoms with Crippen LogP contribution in [0.5, 0.6) is 0 Å². The number of sulfonamides is 1. The topological polar surface area (TPSA) is 108 Å². The SMILES string of the molecule is Cc1ccccc1C(=O)Nc1ccc(S(=O)(=O)NC2CCN(C(=O)CC3CCNC3)CC2)c2ccccc12. The number of fused-ring (bicyclic) bond motifs is 1. The molecule has 0 radical (unpaired) electrons. The standard InChI is InChI=1S/C29H34N4O4S/c1-20-6-2-3-7-23(20)29(35)31-26-10-11-27(25-9-5-4-8-24(25)26)38(36,37)32-22-13-16-33(17-14-22)28(34)18-21-12-15-30-19-21/h2-11,21-22,30,32H,12-19H2,1H3,(H,31,35). The minimum Gasteiger partial charge on any atom is -0.343 e. The molecule has 9 heteroatoms. The Hall–Kier alpha value is -3.27. The lowest BCUT2D eigenvalue weighted by Gasteiger charge is -2.33. The fraction of sp³-hybridized carbons (Fsp3) is 0.379. The number of carbonyl (C=O) groups excluding carboxylic acids is 2. The molecule has 1 unspecified atom stereocenters. The van der Waals surface area contributed by atoms with Gasteiger partial charge in [-0.2, -0.15) is 0 Å². The maximum Gasteiger partial charge on any atom is 0.255 e. The zero-order valence-electron chi connectivity index (χ0n) is 21.6. The van der Waals surface area contributed by atoms with Gasteiger partial charge in [-0.3, -0.25) is 9.59 Å². The van der Waals surface area contributed by atoms with Crippen molar-refractivity contribution >= 4 is 38.3 Å². The summed E-state index contributed by atoms with van der Waals surface area (Å²) in [6.07, 6.45) is 2.75. The van der Waals surface area contributed by atoms with E-state index in [0.717, 1.165) is 25.1 Å². The summed E-state index contributed by atoms with van der Waals surface area (Å²) in [5, 5.41) is 7.44. The molecule has 2 aliphatic heterocycles. The second-order valence-electron chi connectivity index (χ2n) is 10.3. The lowest BCUT2D eigenvalue weighted by atomic mass is 10.0. The zero-order valence-corrected chi connectivity index (χ0v) is 22.4. The Bertz CT molecular complexity index is 1440. The lowest BCUT2D eigenvalue weighted by Crippen LogP contribution is -2.46. The van der Waals surface area contributed by atoms with Gasteiger partial charge >= 0.3 is 0 Å². The summed E-state index contributed by atoms with van der Waals surface area (Å²) in [4.78, 5) is 27.6. The molecular formula is C29H34N4O4S. The number of likely N-dealkylation sites (tertiary alicyclic amines) is 1. The van der Waals surface area contributed by atoms with Gasteiger partial charge in [0.1, 0.15) is 0 Å². The van der Waals surface area contributed by atoms with Crippen molar-refractivity contribution in [3.63, 3.8) is 0 Å². The summed E-state index contributed by atoms with van der Waals surface area (Å²) in [6, 6.07) is 17.5. The molecule has 2 amide bonds. The van der Waals surface area contributed by atoms with E-state index in [2.05, 4.69) is 15.4 Å². The minimum absolute atomic E-state index is 0.161. The molecule has 38 heavy (non-hydrogen) atoms. The lowest BCUT2D eigenvalue weighted by molar-refractivity contribution is -0.133. The second kappa shape index (κ2) is 11.2. The van der Waals surface area contributed by atoms with Crippen LogP contribution in [0.2, 0.25) is 0 Å². The van der Waals surface area contributed by atoms with Crippen LogP contribution in [0.3, 0.4) is 0 Å². The van der Waals surface area contributed by atoms with E-state index < -0.39 is 10.0 Å². The van der Waals surface area contributed by atoms with E-state index in [1.807, 2.05) is 42.2 Å². The molecular weight excluding hydrogens is 500 g/mol. The third-order valence-corrected chi connectivity index (χ3v) is 9.19. The van der Waals surface area contributed by atoms with Gasteiger partial charge in [-0.15, -0.1) is 0 Å². The van der Waals surface area contributed by atoms with Crippen molar-refractivity contribution < 1.29 is 18.0 Å². The number of nitrogens with zero attached hydrogens (tertiary/aromatic N) is 1. The summed E-state index contributed by atoms with van der Waals surface area (Å²) in [5.41, 5.74) is 1.98. The summed E-state index contributed by atoms with van der Waals surface area (Å²) < 4.78 is 29.8. The Morgan fingerprint density at radius 1 is 0.947 bits per heavy atom. The molecule has 2 fully saturated rings. The Balaban J connectivity index is 1.28. The summed E-state index contributed by atoms with van der Waals surface area (Å²) in [7, 11) is -3.82. The highest BCUT2D eigenvalue weighted by Crippen LogP contribution is 2.30. The summed E-state index contributed by atoms with van der Waals surface area (Å²) >= 11 is 0. The fourth-order valence-corrected chi connectivity index (χ4v) is 6.94. The Morgan fingerprint density at radius 3 is 2.37 bits per heavy atom. The monoisotopic (exact) mass is 534 g/mol. The first kappa shape index (κ1) is 26.3. The van der Waals surface area contributed by atoms with Crippen molar-refractivity contribution in [3.8, 4) is 0 Å². The number of hydrogen-bond donors (Lipinski definition) is 3. The van der Waals surface area contributed by atoms with Gasteiger partial charge in [-0.1, -0.05) is 42.5 Å². The van der Waals surface area contributed by atoms with E-state index in [4.69, 9.17) is 0 Å². The van der Waals surface area contributed by atoms with Gasteiger partial charge in [-0.05, 0) is 69.0 Å². The van der Waals surface area contributed by atoms with Crippen molar-refractivity contribution in [2.24, 2.45) is 5.92 Å². The first-order chi connectivity index (χ1) is 18.3. The number of amides is 2. The predicted octanol–water partition coefficient (Wildman–Crippen LogP) is 3.67. The van der Waals surface area contributed by atoms with E-state index in [1.54, 1.807) is 30.3 Å². The van der Waals surface area contributed by atoms with Gasteiger partial charge in [0.2, 0.25) is 15.9 Å². The molecule has 0 saturated carbocycles. The van der Waals surface area contributed by atoms with Crippen LogP contribution in [0.1, 0.15) is 41.6 Å². The zero-order chi connectivity index (χ0) is 26.7.